The number of carbonyl (C=O) groups excluding carboxylic acids is 1. The van der Waals surface area contributed by atoms with Crippen LogP contribution in [0.2, 0.25) is 0 Å². The van der Waals surface area contributed by atoms with Gasteiger partial charge in [0.15, 0.2) is 0 Å². The third kappa shape index (κ3) is 3.39. The molecule has 0 N–H and O–H groups in total. The van der Waals surface area contributed by atoms with Crippen LogP contribution in [0.5, 0.6) is 0 Å². The number of imidazole rings is 1. The third-order valence-electron chi connectivity index (χ3n) is 3.42. The molecule has 118 valence electrons. The topological polar surface area (TPSA) is 47.3 Å². The lowest BCUT2D eigenvalue weighted by Gasteiger charge is -2.07. The highest BCUT2D eigenvalue weighted by molar-refractivity contribution is 5.82. The predicted molar refractivity (Wildman–Crippen MR) is 76.8 cm³/mol. The third-order valence-corrected chi connectivity index (χ3v) is 3.42. The normalized spacial score (nSPS) is 11.8. The summed E-state index contributed by atoms with van der Waals surface area (Å²) in [6.07, 6.45) is -0.125. The van der Waals surface area contributed by atoms with E-state index in [1.807, 2.05) is 12.1 Å². The van der Waals surface area contributed by atoms with Crippen LogP contribution in [-0.4, -0.2) is 20.2 Å². The number of alkyl halides is 3. The number of fused-ring (bicyclic) bond motifs is 1. The van der Waals surface area contributed by atoms with E-state index in [9.17, 15) is 18.0 Å². The molecule has 0 aliphatic rings. The van der Waals surface area contributed by atoms with Crippen LogP contribution < -0.4 is 0 Å². The highest BCUT2D eigenvalue weighted by Crippen LogP contribution is 2.28. The molecular weight excluding hydrogens is 307 g/mol. The van der Waals surface area contributed by atoms with Gasteiger partial charge in [0.2, 0.25) is 0 Å². The van der Waals surface area contributed by atoms with Gasteiger partial charge in [-0.25, -0.2) is 4.98 Å². The molecule has 4 nitrogen and oxygen atoms in total. The molecular formula is C16H12F3N3O. The minimum Gasteiger partial charge on any atom is -0.304 e. The van der Waals surface area contributed by atoms with Gasteiger partial charge in [0, 0.05) is 42.8 Å². The van der Waals surface area contributed by atoms with Gasteiger partial charge in [0.25, 0.3) is 0 Å². The van der Waals surface area contributed by atoms with Gasteiger partial charge in [0.1, 0.15) is 11.4 Å². The monoisotopic (exact) mass is 319 g/mol. The summed E-state index contributed by atoms with van der Waals surface area (Å²) in [7, 11) is 0. The molecule has 23 heavy (non-hydrogen) atoms. The first-order chi connectivity index (χ1) is 10.9. The summed E-state index contributed by atoms with van der Waals surface area (Å²) in [6, 6.07) is 7.62. The Morgan fingerprint density at radius 3 is 2.61 bits per heavy atom. The summed E-state index contributed by atoms with van der Waals surface area (Å²) in [5.41, 5.74) is 1.01. The smallest absolute Gasteiger partial charge is 0.304 e. The molecule has 7 heteroatoms. The maximum absolute atomic E-state index is 12.5. The van der Waals surface area contributed by atoms with Gasteiger partial charge in [-0.2, -0.15) is 13.2 Å². The van der Waals surface area contributed by atoms with Crippen LogP contribution in [0.15, 0.2) is 48.9 Å². The van der Waals surface area contributed by atoms with Crippen molar-refractivity contribution < 1.29 is 18.0 Å². The Bertz CT molecular complexity index is 838. The summed E-state index contributed by atoms with van der Waals surface area (Å²) in [4.78, 5) is 20.0. The highest BCUT2D eigenvalue weighted by Gasteiger charge is 2.30. The molecule has 0 saturated heterocycles. The fourth-order valence-electron chi connectivity index (χ4n) is 2.31. The van der Waals surface area contributed by atoms with Crippen molar-refractivity contribution >= 4 is 11.4 Å². The number of rotatable bonds is 4. The summed E-state index contributed by atoms with van der Waals surface area (Å²) < 4.78 is 39.2. The molecule has 0 spiro atoms. The molecule has 0 unspecified atom stereocenters. The lowest BCUT2D eigenvalue weighted by molar-refractivity contribution is -0.137. The summed E-state index contributed by atoms with van der Waals surface area (Å²) in [6.45, 7) is 0. The lowest BCUT2D eigenvalue weighted by Crippen LogP contribution is -2.11. The van der Waals surface area contributed by atoms with Crippen LogP contribution in [0.1, 0.15) is 17.0 Å². The number of aromatic nitrogens is 3. The van der Waals surface area contributed by atoms with Gasteiger partial charge in [0.05, 0.1) is 5.56 Å². The van der Waals surface area contributed by atoms with Crippen LogP contribution in [0.4, 0.5) is 13.2 Å². The number of pyridine rings is 2. The molecule has 0 bridgehead atoms. The molecule has 0 fully saturated rings. The van der Waals surface area contributed by atoms with Crippen LogP contribution >= 0.6 is 0 Å². The Labute approximate surface area is 129 Å². The first-order valence-electron chi connectivity index (χ1n) is 6.88. The van der Waals surface area contributed by atoms with Gasteiger partial charge < -0.3 is 4.40 Å². The van der Waals surface area contributed by atoms with E-state index in [0.29, 0.717) is 5.69 Å². The lowest BCUT2D eigenvalue weighted by atomic mass is 10.1. The first kappa shape index (κ1) is 15.2. The zero-order chi connectivity index (χ0) is 16.4. The maximum atomic E-state index is 12.5. The number of carbonyl (C=O) groups is 1. The van der Waals surface area contributed by atoms with Crippen molar-refractivity contribution in [3.8, 4) is 0 Å². The number of hydrogen-bond acceptors (Lipinski definition) is 3. The van der Waals surface area contributed by atoms with Crippen LogP contribution in [0, 0.1) is 0 Å². The van der Waals surface area contributed by atoms with Crippen molar-refractivity contribution in [1.29, 1.82) is 0 Å². The van der Waals surface area contributed by atoms with Crippen molar-refractivity contribution in [2.45, 2.75) is 19.0 Å². The van der Waals surface area contributed by atoms with Gasteiger partial charge in [-0.3, -0.25) is 9.78 Å². The van der Waals surface area contributed by atoms with E-state index < -0.39 is 11.7 Å². The van der Waals surface area contributed by atoms with Crippen molar-refractivity contribution in [2.24, 2.45) is 0 Å². The van der Waals surface area contributed by atoms with E-state index in [0.717, 1.165) is 23.6 Å². The zero-order valence-electron chi connectivity index (χ0n) is 11.9. The molecule has 0 aromatic carbocycles. The standard InChI is InChI=1S/C16H12F3N3O/c17-16(18,19)11-4-5-12(21-10-11)8-14(23)9-13-2-1-3-15-20-6-7-22(13)15/h1-7,10H,8-9H2. The van der Waals surface area contributed by atoms with Crippen LogP contribution in [0.25, 0.3) is 5.65 Å². The number of halogens is 3. The molecule has 0 amide bonds. The van der Waals surface area contributed by atoms with Crippen molar-refractivity contribution in [2.75, 3.05) is 0 Å². The van der Waals surface area contributed by atoms with E-state index in [1.54, 1.807) is 22.9 Å². The Kier molecular flexibility index (Phi) is 3.85. The van der Waals surface area contributed by atoms with Crippen molar-refractivity contribution in [3.63, 3.8) is 0 Å². The van der Waals surface area contributed by atoms with Gasteiger partial charge in [-0.15, -0.1) is 0 Å². The second kappa shape index (κ2) is 5.83. The first-order valence-corrected chi connectivity index (χ1v) is 6.88. The molecule has 3 aromatic rings. The fraction of sp³-hybridized carbons (Fsp3) is 0.188. The molecule has 3 rings (SSSR count). The number of ketones is 1. The van der Waals surface area contributed by atoms with E-state index in [1.165, 1.54) is 6.07 Å². The van der Waals surface area contributed by atoms with Crippen LogP contribution in [-0.2, 0) is 23.8 Å². The average Bonchev–Trinajstić information content (AvgIpc) is 2.96. The molecule has 0 saturated carbocycles. The van der Waals surface area contributed by atoms with E-state index in [4.69, 9.17) is 0 Å². The Morgan fingerprint density at radius 2 is 1.91 bits per heavy atom. The highest BCUT2D eigenvalue weighted by atomic mass is 19.4. The number of hydrogen-bond donors (Lipinski definition) is 0. The Hall–Kier alpha value is -2.70. The molecule has 3 heterocycles. The summed E-state index contributed by atoms with van der Waals surface area (Å²) in [5.74, 6) is -0.126. The molecule has 0 aliphatic carbocycles. The molecule has 0 aliphatic heterocycles. The maximum Gasteiger partial charge on any atom is 0.417 e. The van der Waals surface area contributed by atoms with Crippen molar-refractivity contribution in [1.82, 2.24) is 14.4 Å². The summed E-state index contributed by atoms with van der Waals surface area (Å²) in [5, 5.41) is 0. The largest absolute Gasteiger partial charge is 0.417 e. The van der Waals surface area contributed by atoms with E-state index in [2.05, 4.69) is 9.97 Å². The van der Waals surface area contributed by atoms with Crippen LogP contribution in [0.3, 0.4) is 0 Å². The SMILES string of the molecule is O=C(Cc1ccc(C(F)(F)F)cn1)Cc1cccc2nccn12. The van der Waals surface area contributed by atoms with Gasteiger partial charge in [-0.05, 0) is 24.3 Å². The zero-order valence-corrected chi connectivity index (χ0v) is 11.9. The predicted octanol–water partition coefficient (Wildman–Crippen LogP) is 3.10. The second-order valence-electron chi connectivity index (χ2n) is 5.10. The Morgan fingerprint density at radius 1 is 1.09 bits per heavy atom. The average molecular weight is 319 g/mol. The molecule has 0 atom stereocenters. The minimum absolute atomic E-state index is 0.0107. The molecule has 3 aromatic heterocycles. The Balaban J connectivity index is 1.71. The van der Waals surface area contributed by atoms with Gasteiger partial charge in [-0.1, -0.05) is 6.07 Å². The molecule has 0 radical (unpaired) electrons. The van der Waals surface area contributed by atoms with Crippen molar-refractivity contribution in [3.05, 3.63) is 65.9 Å². The number of Topliss-reactive ketones (excluding diaryl/α,β-unsaturated/α-hetero) is 1. The number of nitrogens with zero attached hydrogens (tertiary/aromatic N) is 3. The van der Waals surface area contributed by atoms with Gasteiger partial charge >= 0.3 is 6.18 Å². The van der Waals surface area contributed by atoms with E-state index in [-0.39, 0.29) is 18.6 Å². The quantitative estimate of drug-likeness (QED) is 0.742. The summed E-state index contributed by atoms with van der Waals surface area (Å²) >= 11 is 0. The van der Waals surface area contributed by atoms with E-state index >= 15 is 0 Å². The minimum atomic E-state index is -4.42. The second-order valence-corrected chi connectivity index (χ2v) is 5.10. The fourth-order valence-corrected chi connectivity index (χ4v) is 2.31.